The lowest BCUT2D eigenvalue weighted by Crippen LogP contribution is -2.51. The van der Waals surface area contributed by atoms with Crippen LogP contribution < -0.4 is 10.1 Å². The number of hydrogen-bond acceptors (Lipinski definition) is 4. The van der Waals surface area contributed by atoms with Crippen molar-refractivity contribution in [2.24, 2.45) is 0 Å². The van der Waals surface area contributed by atoms with E-state index in [1.165, 1.54) is 0 Å². The Balaban J connectivity index is 2.07. The van der Waals surface area contributed by atoms with Gasteiger partial charge in [-0.05, 0) is 38.1 Å². The first-order valence-electron chi connectivity index (χ1n) is 8.25. The van der Waals surface area contributed by atoms with E-state index in [1.54, 1.807) is 6.20 Å². The fourth-order valence-electron chi connectivity index (χ4n) is 2.32. The Kier molecular flexibility index (Phi) is 6.80. The van der Waals surface area contributed by atoms with Crippen LogP contribution in [0.2, 0.25) is 0 Å². The van der Waals surface area contributed by atoms with Gasteiger partial charge in [-0.25, -0.2) is 0 Å². The van der Waals surface area contributed by atoms with Crippen LogP contribution in [-0.2, 0) is 4.74 Å². The molecule has 0 aliphatic rings. The normalized spacial score (nSPS) is 13.4. The maximum absolute atomic E-state index is 5.95. The van der Waals surface area contributed by atoms with E-state index in [1.807, 2.05) is 38.1 Å². The van der Waals surface area contributed by atoms with Gasteiger partial charge in [0.2, 0.25) is 0 Å². The summed E-state index contributed by atoms with van der Waals surface area (Å²) in [5, 5.41) is 4.01. The molecule has 0 spiro atoms. The molecule has 136 valence electrons. The lowest BCUT2D eigenvalue weighted by molar-refractivity contribution is 0.129. The van der Waals surface area contributed by atoms with Gasteiger partial charge in [0.1, 0.15) is 29.0 Å². The van der Waals surface area contributed by atoms with E-state index in [0.29, 0.717) is 16.3 Å². The minimum Gasteiger partial charge on any atom is -0.484 e. The highest BCUT2D eigenvalue weighted by molar-refractivity contribution is 7.80. The van der Waals surface area contributed by atoms with Crippen molar-refractivity contribution in [3.05, 3.63) is 36.0 Å². The van der Waals surface area contributed by atoms with Crippen molar-refractivity contribution in [1.29, 1.82) is 0 Å². The summed E-state index contributed by atoms with van der Waals surface area (Å²) in [5.74, 6) is 8.28. The van der Waals surface area contributed by atoms with Crippen molar-refractivity contribution in [3.8, 4) is 42.8 Å². The lowest BCUT2D eigenvalue weighted by atomic mass is 10.1. The van der Waals surface area contributed by atoms with Gasteiger partial charge in [0.05, 0.1) is 12.1 Å². The van der Waals surface area contributed by atoms with Crippen LogP contribution in [0.25, 0.3) is 10.9 Å². The molecule has 2 unspecified atom stereocenters. The third-order valence-corrected chi connectivity index (χ3v) is 4.23. The van der Waals surface area contributed by atoms with Crippen LogP contribution in [0, 0.1) is 37.0 Å². The Morgan fingerprint density at radius 3 is 2.78 bits per heavy atom. The summed E-state index contributed by atoms with van der Waals surface area (Å²) < 4.78 is 11.3. The molecule has 1 aromatic carbocycles. The standard InChI is InChI=1S/C22H20N2O2S/c1-6-11-25-15-22(5,8-3)24-21(27)16(4)26-19-9-10-20-18(13-19)12-17(7-2)14-23-20/h1-3,9-10,12-14,16H,11,15H2,4-5H3,(H,24,27). The van der Waals surface area contributed by atoms with E-state index >= 15 is 0 Å². The smallest absolute Gasteiger partial charge is 0.146 e. The van der Waals surface area contributed by atoms with Crippen LogP contribution in [0.4, 0.5) is 0 Å². The Bertz CT molecular complexity index is 965. The highest BCUT2D eigenvalue weighted by Crippen LogP contribution is 2.21. The number of hydrogen-bond donors (Lipinski definition) is 1. The van der Waals surface area contributed by atoms with E-state index in [-0.39, 0.29) is 13.2 Å². The average molecular weight is 376 g/mol. The number of thiocarbonyl (C=S) groups is 1. The van der Waals surface area contributed by atoms with E-state index in [9.17, 15) is 0 Å². The molecule has 0 aliphatic carbocycles. The van der Waals surface area contributed by atoms with Crippen LogP contribution in [0.3, 0.4) is 0 Å². The molecule has 0 amide bonds. The minimum absolute atomic E-state index is 0.183. The molecule has 1 aromatic heterocycles. The van der Waals surface area contributed by atoms with Crippen molar-refractivity contribution in [3.63, 3.8) is 0 Å². The lowest BCUT2D eigenvalue weighted by Gasteiger charge is -2.28. The maximum atomic E-state index is 5.95. The Morgan fingerprint density at radius 1 is 1.33 bits per heavy atom. The molecule has 0 saturated heterocycles. The number of ether oxygens (including phenoxy) is 2. The van der Waals surface area contributed by atoms with Gasteiger partial charge in [0, 0.05) is 17.1 Å². The SMILES string of the molecule is C#CCOCC(C)(C#C)NC(=S)C(C)Oc1ccc2ncc(C#C)cc2c1. The van der Waals surface area contributed by atoms with Gasteiger partial charge in [-0.1, -0.05) is 30.0 Å². The predicted molar refractivity (Wildman–Crippen MR) is 112 cm³/mol. The van der Waals surface area contributed by atoms with E-state index in [4.69, 9.17) is 41.0 Å². The highest BCUT2D eigenvalue weighted by Gasteiger charge is 2.25. The zero-order chi connectivity index (χ0) is 19.9. The van der Waals surface area contributed by atoms with Crippen LogP contribution >= 0.6 is 12.2 Å². The predicted octanol–water partition coefficient (Wildman–Crippen LogP) is 2.94. The number of benzene rings is 1. The largest absolute Gasteiger partial charge is 0.484 e. The van der Waals surface area contributed by atoms with Crippen molar-refractivity contribution in [1.82, 2.24) is 10.3 Å². The zero-order valence-corrected chi connectivity index (χ0v) is 16.1. The fourth-order valence-corrected chi connectivity index (χ4v) is 2.59. The summed E-state index contributed by atoms with van der Waals surface area (Å²) in [6.07, 6.45) is 17.5. The second-order valence-corrected chi connectivity index (χ2v) is 6.59. The Hall–Kier alpha value is -3.04. The summed E-state index contributed by atoms with van der Waals surface area (Å²) >= 11 is 5.44. The molecule has 1 heterocycles. The van der Waals surface area contributed by atoms with Gasteiger partial charge in [-0.15, -0.1) is 19.3 Å². The number of rotatable bonds is 7. The van der Waals surface area contributed by atoms with Crippen molar-refractivity contribution in [2.75, 3.05) is 13.2 Å². The van der Waals surface area contributed by atoms with Gasteiger partial charge >= 0.3 is 0 Å². The van der Waals surface area contributed by atoms with E-state index < -0.39 is 11.6 Å². The number of nitrogens with zero attached hydrogens (tertiary/aromatic N) is 1. The Morgan fingerprint density at radius 2 is 2.11 bits per heavy atom. The molecular formula is C22H20N2O2S. The zero-order valence-electron chi connectivity index (χ0n) is 15.3. The molecule has 1 N–H and O–H groups in total. The molecule has 0 fully saturated rings. The third-order valence-electron chi connectivity index (χ3n) is 3.80. The van der Waals surface area contributed by atoms with Gasteiger partial charge < -0.3 is 14.8 Å². The van der Waals surface area contributed by atoms with Crippen LogP contribution in [0.5, 0.6) is 5.75 Å². The second kappa shape index (κ2) is 9.06. The first kappa shape index (κ1) is 20.3. The molecule has 2 atom stereocenters. The second-order valence-electron chi connectivity index (χ2n) is 6.15. The van der Waals surface area contributed by atoms with Crippen molar-refractivity contribution < 1.29 is 9.47 Å². The average Bonchev–Trinajstić information content (AvgIpc) is 2.67. The molecule has 0 aliphatic heterocycles. The third kappa shape index (κ3) is 5.47. The van der Waals surface area contributed by atoms with E-state index in [0.717, 1.165) is 10.9 Å². The van der Waals surface area contributed by atoms with Crippen molar-refractivity contribution >= 4 is 28.1 Å². The quantitative estimate of drug-likeness (QED) is 0.457. The molecule has 2 aromatic rings. The molecule has 2 rings (SSSR count). The van der Waals surface area contributed by atoms with Crippen LogP contribution in [-0.4, -0.2) is 34.8 Å². The Labute approximate surface area is 165 Å². The molecule has 0 bridgehead atoms. The number of nitrogens with one attached hydrogen (secondary N) is 1. The first-order valence-corrected chi connectivity index (χ1v) is 8.65. The summed E-state index contributed by atoms with van der Waals surface area (Å²) in [7, 11) is 0. The maximum Gasteiger partial charge on any atom is 0.146 e. The highest BCUT2D eigenvalue weighted by atomic mass is 32.1. The van der Waals surface area contributed by atoms with E-state index in [2.05, 4.69) is 28.1 Å². The van der Waals surface area contributed by atoms with Crippen molar-refractivity contribution in [2.45, 2.75) is 25.5 Å². The summed E-state index contributed by atoms with van der Waals surface area (Å²) in [4.78, 5) is 4.78. The number of aromatic nitrogens is 1. The molecule has 0 saturated carbocycles. The monoisotopic (exact) mass is 376 g/mol. The number of fused-ring (bicyclic) bond motifs is 1. The summed E-state index contributed by atoms with van der Waals surface area (Å²) in [6.45, 7) is 4.07. The summed E-state index contributed by atoms with van der Waals surface area (Å²) in [6, 6.07) is 7.46. The fraction of sp³-hybridized carbons (Fsp3) is 0.273. The van der Waals surface area contributed by atoms with Crippen LogP contribution in [0.15, 0.2) is 30.5 Å². The van der Waals surface area contributed by atoms with Gasteiger partial charge in [-0.2, -0.15) is 0 Å². The molecule has 27 heavy (non-hydrogen) atoms. The molecular weight excluding hydrogens is 356 g/mol. The molecule has 0 radical (unpaired) electrons. The minimum atomic E-state index is -0.777. The first-order chi connectivity index (χ1) is 12.9. The van der Waals surface area contributed by atoms with Crippen LogP contribution in [0.1, 0.15) is 19.4 Å². The van der Waals surface area contributed by atoms with Gasteiger partial charge in [0.25, 0.3) is 0 Å². The van der Waals surface area contributed by atoms with Gasteiger partial charge in [0.15, 0.2) is 0 Å². The number of pyridine rings is 1. The summed E-state index contributed by atoms with van der Waals surface area (Å²) in [5.41, 5.74) is 0.766. The molecule has 5 heteroatoms. The van der Waals surface area contributed by atoms with Gasteiger partial charge in [-0.3, -0.25) is 4.98 Å². The molecule has 4 nitrogen and oxygen atoms in total. The number of terminal acetylenes is 3. The topological polar surface area (TPSA) is 43.4 Å².